The maximum atomic E-state index is 12.8. The largest absolute Gasteiger partial charge is 0.416 e. The second-order valence-corrected chi connectivity index (χ2v) is 6.53. The molecule has 6 heteroatoms. The molecule has 1 N–H and O–H groups in total. The van der Waals surface area contributed by atoms with Crippen molar-refractivity contribution in [2.24, 2.45) is 5.92 Å². The average Bonchev–Trinajstić information content (AvgIpc) is 2.56. The van der Waals surface area contributed by atoms with E-state index in [0.29, 0.717) is 5.69 Å². The molecule has 2 heterocycles. The molecular formula is C17H24F3N3. The van der Waals surface area contributed by atoms with Crippen LogP contribution < -0.4 is 10.2 Å². The van der Waals surface area contributed by atoms with Crippen LogP contribution in [0.2, 0.25) is 0 Å². The van der Waals surface area contributed by atoms with Crippen LogP contribution in [0.4, 0.5) is 18.9 Å². The molecule has 23 heavy (non-hydrogen) atoms. The molecule has 128 valence electrons. The Labute approximate surface area is 135 Å². The van der Waals surface area contributed by atoms with Crippen molar-refractivity contribution in [3.8, 4) is 0 Å². The number of benzene rings is 1. The van der Waals surface area contributed by atoms with Crippen molar-refractivity contribution in [1.82, 2.24) is 10.2 Å². The summed E-state index contributed by atoms with van der Waals surface area (Å²) in [7, 11) is 0. The van der Waals surface area contributed by atoms with Crippen molar-refractivity contribution < 1.29 is 13.2 Å². The lowest BCUT2D eigenvalue weighted by molar-refractivity contribution is -0.137. The van der Waals surface area contributed by atoms with E-state index < -0.39 is 11.7 Å². The number of piperidine rings is 1. The number of halogens is 3. The standard InChI is InChI=1S/C17H24F3N3/c18-17(19,20)15-2-1-3-16(12-15)23-10-8-22(9-11-23)13-14-4-6-21-7-5-14/h1-3,12,14,21H,4-11,13H2. The Morgan fingerprint density at radius 3 is 2.39 bits per heavy atom. The minimum Gasteiger partial charge on any atom is -0.369 e. The molecule has 0 amide bonds. The number of rotatable bonds is 3. The molecule has 2 fully saturated rings. The quantitative estimate of drug-likeness (QED) is 0.921. The van der Waals surface area contributed by atoms with Gasteiger partial charge in [0.2, 0.25) is 0 Å². The summed E-state index contributed by atoms with van der Waals surface area (Å²) in [6.45, 7) is 6.79. The van der Waals surface area contributed by atoms with Crippen LogP contribution in [-0.4, -0.2) is 50.7 Å². The lowest BCUT2D eigenvalue weighted by Gasteiger charge is -2.38. The fraction of sp³-hybridized carbons (Fsp3) is 0.647. The predicted molar refractivity (Wildman–Crippen MR) is 85.7 cm³/mol. The molecule has 1 aromatic rings. The van der Waals surface area contributed by atoms with Gasteiger partial charge in [0, 0.05) is 38.4 Å². The number of piperazine rings is 1. The minimum absolute atomic E-state index is 0.563. The first-order valence-corrected chi connectivity index (χ1v) is 8.37. The molecule has 0 aliphatic carbocycles. The van der Waals surface area contributed by atoms with Crippen LogP contribution in [0.15, 0.2) is 24.3 Å². The highest BCUT2D eigenvalue weighted by Gasteiger charge is 2.31. The van der Waals surface area contributed by atoms with E-state index in [1.54, 1.807) is 6.07 Å². The number of hydrogen-bond donors (Lipinski definition) is 1. The molecule has 0 saturated carbocycles. The monoisotopic (exact) mass is 327 g/mol. The molecule has 2 aliphatic rings. The summed E-state index contributed by atoms with van der Waals surface area (Å²) >= 11 is 0. The molecule has 3 nitrogen and oxygen atoms in total. The molecule has 3 rings (SSSR count). The Kier molecular flexibility index (Phi) is 5.11. The van der Waals surface area contributed by atoms with Crippen molar-refractivity contribution in [3.05, 3.63) is 29.8 Å². The van der Waals surface area contributed by atoms with Gasteiger partial charge in [0.05, 0.1) is 5.56 Å². The Balaban J connectivity index is 1.54. The summed E-state index contributed by atoms with van der Waals surface area (Å²) in [6, 6.07) is 5.68. The number of hydrogen-bond acceptors (Lipinski definition) is 3. The number of nitrogens with one attached hydrogen (secondary N) is 1. The van der Waals surface area contributed by atoms with Crippen LogP contribution >= 0.6 is 0 Å². The molecule has 0 radical (unpaired) electrons. The minimum atomic E-state index is -4.27. The third-order valence-corrected chi connectivity index (χ3v) is 4.89. The van der Waals surface area contributed by atoms with Crippen LogP contribution in [0.3, 0.4) is 0 Å². The summed E-state index contributed by atoms with van der Waals surface area (Å²) in [5.74, 6) is 0.761. The van der Waals surface area contributed by atoms with Gasteiger partial charge in [0.1, 0.15) is 0 Å². The molecule has 1 aromatic carbocycles. The van der Waals surface area contributed by atoms with E-state index in [1.807, 2.05) is 0 Å². The zero-order valence-electron chi connectivity index (χ0n) is 13.3. The summed E-state index contributed by atoms with van der Waals surface area (Å²) in [5.41, 5.74) is 0.119. The maximum Gasteiger partial charge on any atom is 0.416 e. The highest BCUT2D eigenvalue weighted by molar-refractivity contribution is 5.49. The summed E-state index contributed by atoms with van der Waals surface area (Å²) < 4.78 is 38.5. The normalized spacial score (nSPS) is 21.6. The topological polar surface area (TPSA) is 18.5 Å². The fourth-order valence-corrected chi connectivity index (χ4v) is 3.50. The number of anilines is 1. The first-order chi connectivity index (χ1) is 11.0. The number of nitrogens with zero attached hydrogens (tertiary/aromatic N) is 2. The molecule has 0 bridgehead atoms. The third kappa shape index (κ3) is 4.38. The molecule has 0 unspecified atom stereocenters. The highest BCUT2D eigenvalue weighted by Crippen LogP contribution is 2.31. The molecule has 0 aromatic heterocycles. The average molecular weight is 327 g/mol. The van der Waals surface area contributed by atoms with Gasteiger partial charge >= 0.3 is 6.18 Å². The smallest absolute Gasteiger partial charge is 0.369 e. The van der Waals surface area contributed by atoms with Crippen LogP contribution in [-0.2, 0) is 6.18 Å². The van der Waals surface area contributed by atoms with Gasteiger partial charge in [-0.1, -0.05) is 6.07 Å². The molecule has 0 atom stereocenters. The van der Waals surface area contributed by atoms with Gasteiger partial charge in [-0.25, -0.2) is 0 Å². The first kappa shape index (κ1) is 16.6. The fourth-order valence-electron chi connectivity index (χ4n) is 3.50. The Hall–Kier alpha value is -1.27. The first-order valence-electron chi connectivity index (χ1n) is 8.37. The Bertz CT molecular complexity index is 504. The van der Waals surface area contributed by atoms with Crippen molar-refractivity contribution >= 4 is 5.69 Å². The van der Waals surface area contributed by atoms with Crippen molar-refractivity contribution in [1.29, 1.82) is 0 Å². The Morgan fingerprint density at radius 1 is 1.04 bits per heavy atom. The van der Waals surface area contributed by atoms with Gasteiger partial charge in [-0.05, 0) is 50.0 Å². The van der Waals surface area contributed by atoms with Crippen LogP contribution in [0, 0.1) is 5.92 Å². The van der Waals surface area contributed by atoms with E-state index in [2.05, 4.69) is 15.1 Å². The van der Waals surface area contributed by atoms with Crippen molar-refractivity contribution in [2.75, 3.05) is 50.7 Å². The third-order valence-electron chi connectivity index (χ3n) is 4.89. The van der Waals surface area contributed by atoms with Crippen LogP contribution in [0.5, 0.6) is 0 Å². The molecule has 2 saturated heterocycles. The van der Waals surface area contributed by atoms with Crippen molar-refractivity contribution in [3.63, 3.8) is 0 Å². The lowest BCUT2D eigenvalue weighted by Crippen LogP contribution is -2.48. The van der Waals surface area contributed by atoms with E-state index in [1.165, 1.54) is 25.0 Å². The summed E-state index contributed by atoms with van der Waals surface area (Å²) in [4.78, 5) is 4.52. The van der Waals surface area contributed by atoms with Gasteiger partial charge in [-0.3, -0.25) is 4.90 Å². The molecule has 0 spiro atoms. The van der Waals surface area contributed by atoms with E-state index >= 15 is 0 Å². The van der Waals surface area contributed by atoms with Gasteiger partial charge in [0.15, 0.2) is 0 Å². The summed E-state index contributed by atoms with van der Waals surface area (Å²) in [5, 5.41) is 3.38. The van der Waals surface area contributed by atoms with Crippen LogP contribution in [0.25, 0.3) is 0 Å². The second kappa shape index (κ2) is 7.09. The van der Waals surface area contributed by atoms with Gasteiger partial charge in [-0.15, -0.1) is 0 Å². The van der Waals surface area contributed by atoms with Gasteiger partial charge in [0.25, 0.3) is 0 Å². The van der Waals surface area contributed by atoms with Crippen molar-refractivity contribution in [2.45, 2.75) is 19.0 Å². The Morgan fingerprint density at radius 2 is 1.74 bits per heavy atom. The van der Waals surface area contributed by atoms with E-state index in [-0.39, 0.29) is 0 Å². The molecular weight excluding hydrogens is 303 g/mol. The molecule has 2 aliphatic heterocycles. The zero-order valence-corrected chi connectivity index (χ0v) is 13.3. The maximum absolute atomic E-state index is 12.8. The van der Waals surface area contributed by atoms with E-state index in [9.17, 15) is 13.2 Å². The summed E-state index contributed by atoms with van der Waals surface area (Å²) in [6.07, 6.45) is -1.81. The van der Waals surface area contributed by atoms with Crippen LogP contribution in [0.1, 0.15) is 18.4 Å². The number of alkyl halides is 3. The lowest BCUT2D eigenvalue weighted by atomic mass is 9.97. The van der Waals surface area contributed by atoms with E-state index in [4.69, 9.17) is 0 Å². The van der Waals surface area contributed by atoms with Gasteiger partial charge < -0.3 is 10.2 Å². The highest BCUT2D eigenvalue weighted by atomic mass is 19.4. The SMILES string of the molecule is FC(F)(F)c1cccc(N2CCN(CC3CCNCC3)CC2)c1. The van der Waals surface area contributed by atoms with Gasteiger partial charge in [-0.2, -0.15) is 13.2 Å². The zero-order chi connectivity index (χ0) is 16.3. The predicted octanol–water partition coefficient (Wildman–Crippen LogP) is 2.83. The second-order valence-electron chi connectivity index (χ2n) is 6.53. The van der Waals surface area contributed by atoms with E-state index in [0.717, 1.165) is 57.8 Å².